The summed E-state index contributed by atoms with van der Waals surface area (Å²) in [7, 11) is -1.84. The molecule has 0 saturated carbocycles. The molecule has 0 aliphatic carbocycles. The van der Waals surface area contributed by atoms with E-state index >= 15 is 0 Å². The third kappa shape index (κ3) is 4.61. The van der Waals surface area contributed by atoms with E-state index in [1.807, 2.05) is 0 Å². The summed E-state index contributed by atoms with van der Waals surface area (Å²) in [6.45, 7) is 1.63. The first-order valence-electron chi connectivity index (χ1n) is 10.7. The van der Waals surface area contributed by atoms with Crippen LogP contribution in [0.2, 0.25) is 10.0 Å². The van der Waals surface area contributed by atoms with Crippen LogP contribution in [0.15, 0.2) is 36.7 Å². The number of amides is 2. The summed E-state index contributed by atoms with van der Waals surface area (Å²) in [5.74, 6) is -1.43. The Hall–Kier alpha value is -3.68. The zero-order valence-corrected chi connectivity index (χ0v) is 21.7. The number of carbonyl (C=O) groups excluding carboxylic acids is 2. The van der Waals surface area contributed by atoms with Gasteiger partial charge in [-0.1, -0.05) is 23.2 Å². The van der Waals surface area contributed by atoms with Crippen LogP contribution in [0.5, 0.6) is 5.88 Å². The largest absolute Gasteiger partial charge is 0.480 e. The maximum Gasteiger partial charge on any atom is 0.274 e. The summed E-state index contributed by atoms with van der Waals surface area (Å²) in [6, 6.07) is 6.13. The smallest absolute Gasteiger partial charge is 0.274 e. The zero-order chi connectivity index (χ0) is 26.5. The van der Waals surface area contributed by atoms with E-state index in [1.54, 1.807) is 19.1 Å². The van der Waals surface area contributed by atoms with Gasteiger partial charge in [0.2, 0.25) is 5.88 Å². The highest BCUT2D eigenvalue weighted by atomic mass is 35.5. The number of halogens is 2. The molecule has 3 aromatic heterocycles. The Morgan fingerprint density at radius 2 is 1.95 bits per heavy atom. The number of sulfone groups is 1. The molecule has 1 aliphatic heterocycles. The van der Waals surface area contributed by atoms with Crippen LogP contribution in [0.3, 0.4) is 0 Å². The minimum atomic E-state index is -3.23. The zero-order valence-electron chi connectivity index (χ0n) is 19.4. The lowest BCUT2D eigenvalue weighted by Crippen LogP contribution is -2.63. The summed E-state index contributed by atoms with van der Waals surface area (Å²) < 4.78 is 29.9. The summed E-state index contributed by atoms with van der Waals surface area (Å²) in [5, 5.41) is 17.2. The van der Waals surface area contributed by atoms with Gasteiger partial charge in [-0.3, -0.25) is 14.7 Å². The third-order valence-corrected chi connectivity index (χ3v) is 8.46. The number of aromatic nitrogens is 5. The van der Waals surface area contributed by atoms with Crippen molar-refractivity contribution in [3.63, 3.8) is 0 Å². The molecule has 3 N–H and O–H groups in total. The van der Waals surface area contributed by atoms with Crippen LogP contribution in [0, 0.1) is 0 Å². The number of benzene rings is 1. The molecule has 1 saturated heterocycles. The van der Waals surface area contributed by atoms with Gasteiger partial charge >= 0.3 is 0 Å². The first kappa shape index (κ1) is 25.0. The maximum absolute atomic E-state index is 13.5. The molecule has 1 fully saturated rings. The minimum absolute atomic E-state index is 0.00151. The lowest BCUT2D eigenvalue weighted by atomic mass is 10.0. The van der Waals surface area contributed by atoms with Gasteiger partial charge in [-0.25, -0.2) is 18.1 Å². The number of methoxy groups -OCH3 is 1. The molecule has 0 bridgehead atoms. The number of aromatic amines is 1. The molecule has 12 nitrogen and oxygen atoms in total. The highest BCUT2D eigenvalue weighted by molar-refractivity contribution is 7.93. The van der Waals surface area contributed by atoms with Gasteiger partial charge in [-0.2, -0.15) is 5.10 Å². The van der Waals surface area contributed by atoms with Crippen molar-refractivity contribution in [3.05, 3.63) is 58.0 Å². The van der Waals surface area contributed by atoms with Gasteiger partial charge in [-0.15, -0.1) is 5.10 Å². The van der Waals surface area contributed by atoms with Gasteiger partial charge in [0, 0.05) is 17.6 Å². The standard InChI is InChI=1S/C22H19Cl2N7O5S/c1-22(9-37(34,35)10-22)28-21(33)16-17-11(8-26-29-17)6-13(24)18(16)27-20(32)14-7-15(36-2)30-31(14)19-12(23)4-3-5-25-19/h3-8H,9-10H2,1-2H3,(H,26,29)(H,27,32)(H,28,33). The van der Waals surface area contributed by atoms with E-state index in [2.05, 4.69) is 30.9 Å². The molecule has 0 unspecified atom stereocenters. The number of carbonyl (C=O) groups is 2. The van der Waals surface area contributed by atoms with Crippen molar-refractivity contribution in [2.24, 2.45) is 0 Å². The molecule has 0 radical (unpaired) electrons. The molecule has 15 heteroatoms. The van der Waals surface area contributed by atoms with Crippen LogP contribution in [0.4, 0.5) is 5.69 Å². The normalized spacial score (nSPS) is 15.7. The first-order chi connectivity index (χ1) is 17.5. The number of anilines is 1. The van der Waals surface area contributed by atoms with Crippen LogP contribution < -0.4 is 15.4 Å². The number of rotatable bonds is 6. The average molecular weight is 564 g/mol. The highest BCUT2D eigenvalue weighted by Crippen LogP contribution is 2.35. The fraction of sp³-hybridized carbons (Fsp3) is 0.227. The lowest BCUT2D eigenvalue weighted by Gasteiger charge is -2.38. The number of H-pyrrole nitrogens is 1. The number of hydrogen-bond donors (Lipinski definition) is 3. The minimum Gasteiger partial charge on any atom is -0.480 e. The van der Waals surface area contributed by atoms with Gasteiger partial charge in [0.25, 0.3) is 11.8 Å². The van der Waals surface area contributed by atoms with E-state index in [0.29, 0.717) is 10.9 Å². The highest BCUT2D eigenvalue weighted by Gasteiger charge is 2.46. The Balaban J connectivity index is 1.56. The lowest BCUT2D eigenvalue weighted by molar-refractivity contribution is 0.0919. The van der Waals surface area contributed by atoms with E-state index < -0.39 is 27.2 Å². The van der Waals surface area contributed by atoms with Gasteiger partial charge in [-0.05, 0) is 25.1 Å². The molecule has 4 aromatic rings. The number of ether oxygens (including phenoxy) is 1. The molecular weight excluding hydrogens is 545 g/mol. The fourth-order valence-electron chi connectivity index (χ4n) is 4.24. The molecule has 0 atom stereocenters. The van der Waals surface area contributed by atoms with Crippen molar-refractivity contribution in [1.29, 1.82) is 0 Å². The van der Waals surface area contributed by atoms with Gasteiger partial charge in [0.05, 0.1) is 57.2 Å². The van der Waals surface area contributed by atoms with E-state index in [9.17, 15) is 18.0 Å². The second-order valence-corrected chi connectivity index (χ2v) is 11.6. The predicted octanol–water partition coefficient (Wildman–Crippen LogP) is 2.63. The monoisotopic (exact) mass is 563 g/mol. The van der Waals surface area contributed by atoms with E-state index in [4.69, 9.17) is 27.9 Å². The second kappa shape index (κ2) is 9.01. The average Bonchev–Trinajstić information content (AvgIpc) is 3.45. The van der Waals surface area contributed by atoms with Crippen molar-refractivity contribution in [1.82, 2.24) is 30.3 Å². The Morgan fingerprint density at radius 3 is 2.62 bits per heavy atom. The van der Waals surface area contributed by atoms with Crippen molar-refractivity contribution < 1.29 is 22.7 Å². The van der Waals surface area contributed by atoms with E-state index in [-0.39, 0.29) is 50.2 Å². The molecule has 2 amide bonds. The Labute approximate surface area is 220 Å². The maximum atomic E-state index is 13.5. The van der Waals surface area contributed by atoms with Crippen molar-refractivity contribution in [2.45, 2.75) is 12.5 Å². The van der Waals surface area contributed by atoms with E-state index in [1.165, 1.54) is 36.3 Å². The number of nitrogens with one attached hydrogen (secondary N) is 3. The molecule has 1 aromatic carbocycles. The van der Waals surface area contributed by atoms with Crippen molar-refractivity contribution in [2.75, 3.05) is 23.9 Å². The number of nitrogens with zero attached hydrogens (tertiary/aromatic N) is 4. The van der Waals surface area contributed by atoms with Crippen LogP contribution in [-0.4, -0.2) is 69.3 Å². The molecule has 192 valence electrons. The Bertz CT molecular complexity index is 1670. The molecule has 0 spiro atoms. The number of pyridine rings is 1. The molecule has 5 rings (SSSR count). The van der Waals surface area contributed by atoms with Gasteiger partial charge in [0.1, 0.15) is 5.69 Å². The molecule has 37 heavy (non-hydrogen) atoms. The summed E-state index contributed by atoms with van der Waals surface area (Å²) in [5.41, 5.74) is -0.671. The summed E-state index contributed by atoms with van der Waals surface area (Å²) in [4.78, 5) is 31.1. The van der Waals surface area contributed by atoms with E-state index in [0.717, 1.165) is 0 Å². The first-order valence-corrected chi connectivity index (χ1v) is 13.3. The quantitative estimate of drug-likeness (QED) is 0.322. The second-order valence-electron chi connectivity index (χ2n) is 8.74. The SMILES string of the molecule is COc1cc(C(=O)Nc2c(Cl)cc3cn[nH]c3c2C(=O)NC2(C)CS(=O)(=O)C2)n(-c2ncccc2Cl)n1. The third-order valence-electron chi connectivity index (χ3n) is 5.72. The van der Waals surface area contributed by atoms with Gasteiger partial charge in [0.15, 0.2) is 15.7 Å². The predicted molar refractivity (Wildman–Crippen MR) is 137 cm³/mol. The van der Waals surface area contributed by atoms with Crippen molar-refractivity contribution in [3.8, 4) is 11.7 Å². The van der Waals surface area contributed by atoms with Crippen molar-refractivity contribution >= 4 is 61.4 Å². The van der Waals surface area contributed by atoms with Crippen LogP contribution in [0.1, 0.15) is 27.8 Å². The molecular formula is C22H19Cl2N7O5S. The van der Waals surface area contributed by atoms with Crippen LogP contribution in [-0.2, 0) is 9.84 Å². The molecule has 4 heterocycles. The fourth-order valence-corrected chi connectivity index (χ4v) is 6.70. The Kier molecular flexibility index (Phi) is 6.09. The van der Waals surface area contributed by atoms with Crippen LogP contribution in [0.25, 0.3) is 16.7 Å². The summed E-state index contributed by atoms with van der Waals surface area (Å²) in [6.07, 6.45) is 2.96. The Morgan fingerprint density at radius 1 is 1.19 bits per heavy atom. The number of hydrogen-bond acceptors (Lipinski definition) is 8. The molecule has 1 aliphatic rings. The van der Waals surface area contributed by atoms with Crippen LogP contribution >= 0.6 is 23.2 Å². The topological polar surface area (TPSA) is 161 Å². The van der Waals surface area contributed by atoms with Gasteiger partial charge < -0.3 is 15.4 Å². The summed E-state index contributed by atoms with van der Waals surface area (Å²) >= 11 is 12.8. The number of fused-ring (bicyclic) bond motifs is 1.